The number of benzene rings is 1. The smallest absolute Gasteiger partial charge is 0.124 e. The van der Waals surface area contributed by atoms with Crippen LogP contribution in [0.15, 0.2) is 36.0 Å². The first kappa shape index (κ1) is 14.7. The van der Waals surface area contributed by atoms with Crippen molar-refractivity contribution in [3.63, 3.8) is 0 Å². The largest absolute Gasteiger partial charge is 0.402 e. The summed E-state index contributed by atoms with van der Waals surface area (Å²) in [6, 6.07) is 4.52. The van der Waals surface area contributed by atoms with Crippen LogP contribution < -0.4 is 11.1 Å². The highest BCUT2D eigenvalue weighted by molar-refractivity contribution is 14.1. The molecule has 18 heavy (non-hydrogen) atoms. The molecule has 0 aliphatic carbocycles. The van der Waals surface area contributed by atoms with Gasteiger partial charge >= 0.3 is 0 Å². The Morgan fingerprint density at radius 3 is 2.78 bits per heavy atom. The number of halogens is 2. The van der Waals surface area contributed by atoms with Gasteiger partial charge < -0.3 is 16.5 Å². The van der Waals surface area contributed by atoms with Crippen molar-refractivity contribution in [2.45, 2.75) is 6.92 Å². The monoisotopic (exact) mass is 359 g/mol. The Bertz CT molecular complexity index is 505. The van der Waals surface area contributed by atoms with Gasteiger partial charge in [-0.3, -0.25) is 0 Å². The minimum atomic E-state index is -0.270. The SMILES string of the molecule is C=C(NC/C(C=N)=C(\C)N)c1ccc(F)cc1I. The number of rotatable bonds is 5. The van der Waals surface area contributed by atoms with E-state index in [1.165, 1.54) is 18.3 Å². The van der Waals surface area contributed by atoms with Gasteiger partial charge in [0, 0.05) is 38.9 Å². The van der Waals surface area contributed by atoms with E-state index in [2.05, 4.69) is 34.5 Å². The number of hydrogen-bond donors (Lipinski definition) is 3. The van der Waals surface area contributed by atoms with Crippen LogP contribution in [0.3, 0.4) is 0 Å². The molecule has 0 saturated carbocycles. The van der Waals surface area contributed by atoms with Crippen LogP contribution in [-0.4, -0.2) is 12.8 Å². The molecule has 0 heterocycles. The van der Waals surface area contributed by atoms with Crippen molar-refractivity contribution < 1.29 is 4.39 Å². The highest BCUT2D eigenvalue weighted by Gasteiger charge is 2.06. The van der Waals surface area contributed by atoms with E-state index in [-0.39, 0.29) is 5.82 Å². The molecule has 96 valence electrons. The second-order valence-corrected chi connectivity index (χ2v) is 4.97. The second-order valence-electron chi connectivity index (χ2n) is 3.81. The van der Waals surface area contributed by atoms with Crippen molar-refractivity contribution in [3.05, 3.63) is 51.0 Å². The van der Waals surface area contributed by atoms with Gasteiger partial charge in [0.15, 0.2) is 0 Å². The third kappa shape index (κ3) is 3.83. The molecule has 1 aromatic carbocycles. The number of allylic oxidation sites excluding steroid dienone is 1. The molecule has 0 atom stereocenters. The lowest BCUT2D eigenvalue weighted by Gasteiger charge is -2.12. The summed E-state index contributed by atoms with van der Waals surface area (Å²) in [6.07, 6.45) is 1.21. The maximum Gasteiger partial charge on any atom is 0.124 e. The van der Waals surface area contributed by atoms with Crippen molar-refractivity contribution in [1.29, 1.82) is 5.41 Å². The second kappa shape index (κ2) is 6.53. The zero-order valence-corrected chi connectivity index (χ0v) is 12.2. The van der Waals surface area contributed by atoms with E-state index in [1.807, 2.05) is 0 Å². The van der Waals surface area contributed by atoms with Gasteiger partial charge in [0.1, 0.15) is 5.82 Å². The van der Waals surface area contributed by atoms with E-state index >= 15 is 0 Å². The molecule has 0 spiro atoms. The first-order chi connectivity index (χ1) is 8.45. The topological polar surface area (TPSA) is 61.9 Å². The Balaban J connectivity index is 2.78. The Morgan fingerprint density at radius 1 is 1.61 bits per heavy atom. The summed E-state index contributed by atoms with van der Waals surface area (Å²) in [5.41, 5.74) is 8.45. The number of nitrogens with one attached hydrogen (secondary N) is 2. The van der Waals surface area contributed by atoms with E-state index in [9.17, 15) is 4.39 Å². The van der Waals surface area contributed by atoms with Crippen LogP contribution in [0.2, 0.25) is 0 Å². The van der Waals surface area contributed by atoms with Crippen molar-refractivity contribution in [2.24, 2.45) is 5.73 Å². The average molecular weight is 359 g/mol. The molecule has 5 heteroatoms. The fraction of sp³-hybridized carbons (Fsp3) is 0.154. The van der Waals surface area contributed by atoms with E-state index in [1.54, 1.807) is 13.0 Å². The molecular formula is C13H15FIN3. The predicted octanol–water partition coefficient (Wildman–Crippen LogP) is 2.87. The van der Waals surface area contributed by atoms with Crippen molar-refractivity contribution in [1.82, 2.24) is 5.32 Å². The van der Waals surface area contributed by atoms with Crippen LogP contribution in [-0.2, 0) is 0 Å². The molecule has 0 aliphatic heterocycles. The van der Waals surface area contributed by atoms with Gasteiger partial charge in [-0.05, 0) is 47.7 Å². The normalized spacial score (nSPS) is 11.7. The fourth-order valence-corrected chi connectivity index (χ4v) is 2.14. The third-order valence-electron chi connectivity index (χ3n) is 2.43. The van der Waals surface area contributed by atoms with Gasteiger partial charge in [0.05, 0.1) is 0 Å². The van der Waals surface area contributed by atoms with Crippen LogP contribution in [0.4, 0.5) is 4.39 Å². The standard InChI is InChI=1S/C13H15FIN3/c1-8(17)10(6-16)7-18-9(2)12-4-3-11(14)5-13(12)15/h3-6,16,18H,2,7,17H2,1H3/b10-8+,16-6?. The first-order valence-corrected chi connectivity index (χ1v) is 6.37. The molecule has 0 aliphatic rings. The molecular weight excluding hydrogens is 344 g/mol. The van der Waals surface area contributed by atoms with Crippen LogP contribution in [0.1, 0.15) is 12.5 Å². The molecule has 0 amide bonds. The van der Waals surface area contributed by atoms with E-state index in [0.29, 0.717) is 23.5 Å². The predicted molar refractivity (Wildman–Crippen MR) is 81.8 cm³/mol. The molecule has 0 radical (unpaired) electrons. The van der Waals surface area contributed by atoms with Crippen molar-refractivity contribution >= 4 is 34.5 Å². The summed E-state index contributed by atoms with van der Waals surface area (Å²) < 4.78 is 13.8. The summed E-state index contributed by atoms with van der Waals surface area (Å²) in [7, 11) is 0. The average Bonchev–Trinajstić information content (AvgIpc) is 2.28. The molecule has 1 rings (SSSR count). The van der Waals surface area contributed by atoms with E-state index in [4.69, 9.17) is 11.1 Å². The van der Waals surface area contributed by atoms with E-state index < -0.39 is 0 Å². The van der Waals surface area contributed by atoms with Crippen LogP contribution in [0.5, 0.6) is 0 Å². The Morgan fingerprint density at radius 2 is 2.28 bits per heavy atom. The lowest BCUT2D eigenvalue weighted by molar-refractivity contribution is 0.626. The van der Waals surface area contributed by atoms with Crippen LogP contribution >= 0.6 is 22.6 Å². The number of hydrogen-bond acceptors (Lipinski definition) is 3. The summed E-state index contributed by atoms with van der Waals surface area (Å²) in [5, 5.41) is 10.3. The van der Waals surface area contributed by atoms with Gasteiger partial charge in [-0.25, -0.2) is 4.39 Å². The zero-order valence-electron chi connectivity index (χ0n) is 10.1. The lowest BCUT2D eigenvalue weighted by Crippen LogP contribution is -2.18. The fourth-order valence-electron chi connectivity index (χ4n) is 1.34. The van der Waals surface area contributed by atoms with Gasteiger partial charge in [0.25, 0.3) is 0 Å². The summed E-state index contributed by atoms with van der Waals surface area (Å²) in [6.45, 7) is 6.08. The third-order valence-corrected chi connectivity index (χ3v) is 3.32. The Hall–Kier alpha value is -1.37. The lowest BCUT2D eigenvalue weighted by atomic mass is 10.1. The molecule has 1 aromatic rings. The minimum absolute atomic E-state index is 0.270. The Labute approximate surface area is 120 Å². The van der Waals surface area contributed by atoms with Gasteiger partial charge in [-0.15, -0.1) is 0 Å². The van der Waals surface area contributed by atoms with Crippen LogP contribution in [0, 0.1) is 14.8 Å². The molecule has 0 fully saturated rings. The minimum Gasteiger partial charge on any atom is -0.402 e. The van der Waals surface area contributed by atoms with Gasteiger partial charge in [-0.1, -0.05) is 6.58 Å². The van der Waals surface area contributed by atoms with Crippen molar-refractivity contribution in [2.75, 3.05) is 6.54 Å². The zero-order chi connectivity index (χ0) is 13.7. The summed E-state index contributed by atoms with van der Waals surface area (Å²) >= 11 is 2.06. The molecule has 4 N–H and O–H groups in total. The molecule has 0 aromatic heterocycles. The number of nitrogens with two attached hydrogens (primary N) is 1. The van der Waals surface area contributed by atoms with Crippen LogP contribution in [0.25, 0.3) is 5.70 Å². The molecule has 3 nitrogen and oxygen atoms in total. The highest BCUT2D eigenvalue weighted by Crippen LogP contribution is 2.19. The maximum atomic E-state index is 13.0. The Kier molecular flexibility index (Phi) is 5.33. The van der Waals surface area contributed by atoms with E-state index in [0.717, 1.165) is 9.13 Å². The maximum absolute atomic E-state index is 13.0. The summed E-state index contributed by atoms with van der Waals surface area (Å²) in [4.78, 5) is 0. The van der Waals surface area contributed by atoms with Crippen molar-refractivity contribution in [3.8, 4) is 0 Å². The molecule has 0 saturated heterocycles. The van der Waals surface area contributed by atoms with Gasteiger partial charge in [0.2, 0.25) is 0 Å². The van der Waals surface area contributed by atoms with Gasteiger partial charge in [-0.2, -0.15) is 0 Å². The molecule has 0 unspecified atom stereocenters. The summed E-state index contributed by atoms with van der Waals surface area (Å²) in [5.74, 6) is -0.270. The first-order valence-electron chi connectivity index (χ1n) is 5.29. The molecule has 0 bridgehead atoms. The highest BCUT2D eigenvalue weighted by atomic mass is 127. The quantitative estimate of drug-likeness (QED) is 0.559.